The summed E-state index contributed by atoms with van der Waals surface area (Å²) in [6.07, 6.45) is 6.18. The van der Waals surface area contributed by atoms with Crippen molar-refractivity contribution in [1.29, 1.82) is 5.26 Å². The van der Waals surface area contributed by atoms with E-state index in [9.17, 15) is 0 Å². The van der Waals surface area contributed by atoms with Crippen molar-refractivity contribution in [2.45, 2.75) is 25.4 Å². The number of aliphatic hydroxyl groups excluding tert-OH is 1. The van der Waals surface area contributed by atoms with Crippen LogP contribution in [0.5, 0.6) is 0 Å². The van der Waals surface area contributed by atoms with Gasteiger partial charge in [-0.05, 0) is 19.3 Å². The molecule has 0 aromatic rings. The van der Waals surface area contributed by atoms with Crippen molar-refractivity contribution in [2.75, 3.05) is 0 Å². The van der Waals surface area contributed by atoms with E-state index in [1.54, 1.807) is 0 Å². The van der Waals surface area contributed by atoms with Gasteiger partial charge in [-0.15, -0.1) is 0 Å². The predicted octanol–water partition coefficient (Wildman–Crippen LogP) is 1.23. The molecular weight excluding hydrogens is 126 g/mol. The van der Waals surface area contributed by atoms with E-state index in [0.717, 1.165) is 19.3 Å². The summed E-state index contributed by atoms with van der Waals surface area (Å²) in [5.41, 5.74) is 0. The Morgan fingerprint density at radius 1 is 1.60 bits per heavy atom. The van der Waals surface area contributed by atoms with Gasteiger partial charge in [0.25, 0.3) is 0 Å². The zero-order chi connectivity index (χ0) is 7.40. The summed E-state index contributed by atoms with van der Waals surface area (Å²) in [6, 6.07) is 1.86. The van der Waals surface area contributed by atoms with Crippen molar-refractivity contribution >= 4 is 0 Å². The van der Waals surface area contributed by atoms with Crippen LogP contribution in [0.4, 0.5) is 0 Å². The van der Waals surface area contributed by atoms with Gasteiger partial charge in [0.05, 0.1) is 6.07 Å². The molecule has 10 heavy (non-hydrogen) atoms. The van der Waals surface area contributed by atoms with Crippen molar-refractivity contribution < 1.29 is 5.11 Å². The maximum absolute atomic E-state index is 9.09. The smallest absolute Gasteiger partial charge is 0.143 e. The van der Waals surface area contributed by atoms with Gasteiger partial charge < -0.3 is 5.11 Å². The third-order valence-electron chi connectivity index (χ3n) is 1.89. The molecule has 0 aliphatic heterocycles. The molecule has 0 aromatic heterocycles. The summed E-state index contributed by atoms with van der Waals surface area (Å²) >= 11 is 0. The number of rotatable bonds is 1. The number of nitrogens with zero attached hydrogens (tertiary/aromatic N) is 1. The lowest BCUT2D eigenvalue weighted by Gasteiger charge is -2.17. The molecule has 0 heterocycles. The van der Waals surface area contributed by atoms with Gasteiger partial charge in [-0.1, -0.05) is 12.2 Å². The van der Waals surface area contributed by atoms with Crippen LogP contribution in [0, 0.1) is 17.2 Å². The fraction of sp³-hybridized carbons (Fsp3) is 0.625. The number of aliphatic hydroxyl groups is 1. The Morgan fingerprint density at radius 2 is 2.40 bits per heavy atom. The van der Waals surface area contributed by atoms with E-state index in [2.05, 4.69) is 6.08 Å². The molecule has 0 spiro atoms. The van der Waals surface area contributed by atoms with Crippen LogP contribution in [0.3, 0.4) is 0 Å². The first-order valence-electron chi connectivity index (χ1n) is 3.57. The molecule has 2 atom stereocenters. The van der Waals surface area contributed by atoms with Crippen LogP contribution < -0.4 is 0 Å². The third kappa shape index (κ3) is 1.58. The van der Waals surface area contributed by atoms with Gasteiger partial charge in [0.2, 0.25) is 0 Å². The Bertz CT molecular complexity index is 169. The van der Waals surface area contributed by atoms with Crippen molar-refractivity contribution in [3.8, 4) is 6.07 Å². The zero-order valence-electron chi connectivity index (χ0n) is 5.83. The molecule has 1 N–H and O–H groups in total. The van der Waals surface area contributed by atoms with Gasteiger partial charge in [-0.2, -0.15) is 5.26 Å². The highest BCUT2D eigenvalue weighted by molar-refractivity contribution is 4.97. The average Bonchev–Trinajstić information content (AvgIpc) is 2.05. The lowest BCUT2D eigenvalue weighted by atomic mass is 9.90. The van der Waals surface area contributed by atoms with E-state index < -0.39 is 6.10 Å². The van der Waals surface area contributed by atoms with Crippen LogP contribution >= 0.6 is 0 Å². The highest BCUT2D eigenvalue weighted by atomic mass is 16.3. The van der Waals surface area contributed by atoms with Crippen LogP contribution in [-0.4, -0.2) is 11.2 Å². The molecule has 54 valence electrons. The summed E-state index contributed by atoms with van der Waals surface area (Å²) in [7, 11) is 0. The fourth-order valence-electron chi connectivity index (χ4n) is 1.21. The second kappa shape index (κ2) is 3.38. The molecule has 1 rings (SSSR count). The van der Waals surface area contributed by atoms with Crippen molar-refractivity contribution in [1.82, 2.24) is 0 Å². The first-order valence-corrected chi connectivity index (χ1v) is 3.57. The Balaban J connectivity index is 2.43. The standard InChI is InChI=1S/C8H11NO/c9-6-8(10)7-4-2-1-3-5-7/h1-2,7-8,10H,3-5H2/t7-,8-/m1/s1. The minimum Gasteiger partial charge on any atom is -0.378 e. The third-order valence-corrected chi connectivity index (χ3v) is 1.89. The zero-order valence-corrected chi connectivity index (χ0v) is 5.83. The van der Waals surface area contributed by atoms with Crippen LogP contribution in [0.25, 0.3) is 0 Å². The number of nitriles is 1. The molecular formula is C8H11NO. The Hall–Kier alpha value is -0.810. The van der Waals surface area contributed by atoms with Crippen LogP contribution in [0.15, 0.2) is 12.2 Å². The van der Waals surface area contributed by atoms with Crippen LogP contribution in [0.1, 0.15) is 19.3 Å². The van der Waals surface area contributed by atoms with Gasteiger partial charge >= 0.3 is 0 Å². The van der Waals surface area contributed by atoms with E-state index in [-0.39, 0.29) is 5.92 Å². The van der Waals surface area contributed by atoms with Crippen molar-refractivity contribution in [2.24, 2.45) is 5.92 Å². The Kier molecular flexibility index (Phi) is 2.47. The van der Waals surface area contributed by atoms with E-state index in [0.29, 0.717) is 0 Å². The van der Waals surface area contributed by atoms with Crippen LogP contribution in [0.2, 0.25) is 0 Å². The second-order valence-corrected chi connectivity index (χ2v) is 2.62. The van der Waals surface area contributed by atoms with Gasteiger partial charge in [0, 0.05) is 5.92 Å². The second-order valence-electron chi connectivity index (χ2n) is 2.62. The first-order chi connectivity index (χ1) is 4.84. The molecule has 0 fully saturated rings. The molecule has 1 aliphatic carbocycles. The van der Waals surface area contributed by atoms with Gasteiger partial charge in [0.15, 0.2) is 0 Å². The molecule has 0 unspecified atom stereocenters. The molecule has 0 radical (unpaired) electrons. The summed E-state index contributed by atoms with van der Waals surface area (Å²) in [4.78, 5) is 0. The largest absolute Gasteiger partial charge is 0.378 e. The topological polar surface area (TPSA) is 44.0 Å². The number of hydrogen-bond donors (Lipinski definition) is 1. The summed E-state index contributed by atoms with van der Waals surface area (Å²) in [5.74, 6) is 0.176. The lowest BCUT2D eigenvalue weighted by Crippen LogP contribution is -2.18. The van der Waals surface area contributed by atoms with Gasteiger partial charge in [0.1, 0.15) is 6.10 Å². The van der Waals surface area contributed by atoms with E-state index in [1.165, 1.54) is 0 Å². The lowest BCUT2D eigenvalue weighted by molar-refractivity contribution is 0.152. The maximum Gasteiger partial charge on any atom is 0.143 e. The summed E-state index contributed by atoms with van der Waals surface area (Å²) in [6.45, 7) is 0. The quantitative estimate of drug-likeness (QED) is 0.436. The van der Waals surface area contributed by atoms with E-state index >= 15 is 0 Å². The van der Waals surface area contributed by atoms with Crippen molar-refractivity contribution in [3.63, 3.8) is 0 Å². The van der Waals surface area contributed by atoms with Crippen LogP contribution in [-0.2, 0) is 0 Å². The van der Waals surface area contributed by atoms with Gasteiger partial charge in [-0.3, -0.25) is 0 Å². The molecule has 0 aromatic carbocycles. The fourth-order valence-corrected chi connectivity index (χ4v) is 1.21. The average molecular weight is 137 g/mol. The minimum absolute atomic E-state index is 0.176. The summed E-state index contributed by atoms with van der Waals surface area (Å²) in [5, 5.41) is 17.5. The molecule has 0 saturated heterocycles. The predicted molar refractivity (Wildman–Crippen MR) is 38.1 cm³/mol. The minimum atomic E-state index is -0.759. The molecule has 0 amide bonds. The Labute approximate surface area is 60.8 Å². The van der Waals surface area contributed by atoms with Gasteiger partial charge in [-0.25, -0.2) is 0 Å². The van der Waals surface area contributed by atoms with E-state index in [1.807, 2.05) is 12.1 Å². The van der Waals surface area contributed by atoms with E-state index in [4.69, 9.17) is 10.4 Å². The molecule has 2 nitrogen and oxygen atoms in total. The molecule has 2 heteroatoms. The van der Waals surface area contributed by atoms with Crippen molar-refractivity contribution in [3.05, 3.63) is 12.2 Å². The molecule has 0 bridgehead atoms. The first kappa shape index (κ1) is 7.30. The number of hydrogen-bond acceptors (Lipinski definition) is 2. The molecule has 1 aliphatic rings. The molecule has 0 saturated carbocycles. The number of allylic oxidation sites excluding steroid dienone is 2. The SMILES string of the molecule is N#C[C@@H](O)[C@@H]1CC=CCC1. The summed E-state index contributed by atoms with van der Waals surface area (Å²) < 4.78 is 0. The highest BCUT2D eigenvalue weighted by Crippen LogP contribution is 2.20. The monoisotopic (exact) mass is 137 g/mol. The maximum atomic E-state index is 9.09. The highest BCUT2D eigenvalue weighted by Gasteiger charge is 2.17. The normalized spacial score (nSPS) is 27.4. The Morgan fingerprint density at radius 3 is 2.90 bits per heavy atom.